The van der Waals surface area contributed by atoms with Crippen molar-refractivity contribution in [2.75, 3.05) is 20.8 Å². The van der Waals surface area contributed by atoms with Crippen LogP contribution in [0.5, 0.6) is 11.8 Å². The summed E-state index contributed by atoms with van der Waals surface area (Å²) in [5.41, 5.74) is 1.12. The van der Waals surface area contributed by atoms with Crippen LogP contribution in [0.2, 0.25) is 0 Å². The van der Waals surface area contributed by atoms with Gasteiger partial charge in [0.15, 0.2) is 5.65 Å². The summed E-state index contributed by atoms with van der Waals surface area (Å²) in [7, 11) is 2.83. The maximum absolute atomic E-state index is 13.4. The van der Waals surface area contributed by atoms with Gasteiger partial charge in [-0.1, -0.05) is 6.92 Å². The Morgan fingerprint density at radius 3 is 2.56 bits per heavy atom. The van der Waals surface area contributed by atoms with Gasteiger partial charge in [-0.05, 0) is 18.2 Å². The van der Waals surface area contributed by atoms with Crippen LogP contribution in [0.3, 0.4) is 0 Å². The van der Waals surface area contributed by atoms with Gasteiger partial charge in [-0.25, -0.2) is 15.0 Å². The predicted molar refractivity (Wildman–Crippen MR) is 91.8 cm³/mol. The molecule has 0 aliphatic rings. The Hall–Kier alpha value is -2.88. The van der Waals surface area contributed by atoms with Crippen molar-refractivity contribution in [1.82, 2.24) is 24.7 Å². The van der Waals surface area contributed by atoms with E-state index in [1.807, 2.05) is 0 Å². The third-order valence-electron chi connectivity index (χ3n) is 3.95. The average molecular weight is 381 g/mol. The molecule has 0 aliphatic heterocycles. The van der Waals surface area contributed by atoms with E-state index in [1.54, 1.807) is 29.9 Å². The Bertz CT molecular complexity index is 942. The number of imidazole rings is 1. The van der Waals surface area contributed by atoms with Crippen LogP contribution in [-0.4, -0.2) is 46.3 Å². The number of fused-ring (bicyclic) bond motifs is 1. The fourth-order valence-corrected chi connectivity index (χ4v) is 2.77. The van der Waals surface area contributed by atoms with E-state index in [9.17, 15) is 13.2 Å². The number of halogens is 3. The van der Waals surface area contributed by atoms with Crippen molar-refractivity contribution < 1.29 is 22.6 Å². The van der Waals surface area contributed by atoms with E-state index in [-0.39, 0.29) is 23.9 Å². The molecule has 3 aromatic rings. The van der Waals surface area contributed by atoms with Gasteiger partial charge in [0.1, 0.15) is 6.04 Å². The third-order valence-corrected chi connectivity index (χ3v) is 3.95. The number of pyridine rings is 1. The lowest BCUT2D eigenvalue weighted by Gasteiger charge is -2.22. The molecule has 0 bridgehead atoms. The Kier molecular flexibility index (Phi) is 5.17. The molecule has 27 heavy (non-hydrogen) atoms. The van der Waals surface area contributed by atoms with Crippen LogP contribution >= 0.6 is 0 Å². The second kappa shape index (κ2) is 7.39. The zero-order valence-corrected chi connectivity index (χ0v) is 14.9. The summed E-state index contributed by atoms with van der Waals surface area (Å²) < 4.78 is 52.4. The van der Waals surface area contributed by atoms with Crippen LogP contribution in [-0.2, 0) is 0 Å². The van der Waals surface area contributed by atoms with Crippen LogP contribution in [0.4, 0.5) is 13.2 Å². The highest BCUT2D eigenvalue weighted by atomic mass is 19.4. The van der Waals surface area contributed by atoms with Crippen molar-refractivity contribution in [2.24, 2.45) is 0 Å². The van der Waals surface area contributed by atoms with Crippen molar-refractivity contribution in [3.63, 3.8) is 0 Å². The highest BCUT2D eigenvalue weighted by molar-refractivity contribution is 5.68. The van der Waals surface area contributed by atoms with E-state index in [2.05, 4.69) is 20.3 Å². The second-order valence-electron chi connectivity index (χ2n) is 5.65. The molecule has 0 amide bonds. The lowest BCUT2D eigenvalue weighted by molar-refractivity contribution is -0.157. The van der Waals surface area contributed by atoms with Crippen LogP contribution < -0.4 is 14.8 Å². The first-order valence-corrected chi connectivity index (χ1v) is 8.11. The number of hydrogen-bond acceptors (Lipinski definition) is 6. The van der Waals surface area contributed by atoms with Gasteiger partial charge in [0.05, 0.1) is 25.5 Å². The number of nitrogens with zero attached hydrogens (tertiary/aromatic N) is 4. The minimum atomic E-state index is -4.47. The fourth-order valence-electron chi connectivity index (χ4n) is 2.77. The molecule has 7 nitrogen and oxygen atoms in total. The molecule has 1 N–H and O–H groups in total. The minimum absolute atomic E-state index is 0.0355. The summed E-state index contributed by atoms with van der Waals surface area (Å²) in [5.74, 6) is 0.397. The molecule has 1 atom stereocenters. The predicted octanol–water partition coefficient (Wildman–Crippen LogP) is 3.02. The maximum Gasteiger partial charge on any atom is 0.407 e. The van der Waals surface area contributed by atoms with E-state index < -0.39 is 12.2 Å². The first-order chi connectivity index (χ1) is 12.9. The quantitative estimate of drug-likeness (QED) is 0.708. The SMILES string of the molecule is CCNC(c1cnc(OC)c(-c2cn3ccnc3c(OC)n2)c1)C(F)(F)F. The molecule has 0 spiro atoms. The number of ether oxygens (including phenoxy) is 2. The molecule has 0 saturated carbocycles. The highest BCUT2D eigenvalue weighted by Gasteiger charge is 2.40. The molecule has 0 fully saturated rings. The molecular weight excluding hydrogens is 363 g/mol. The summed E-state index contributed by atoms with van der Waals surface area (Å²) in [6.45, 7) is 1.76. The zero-order chi connectivity index (χ0) is 19.6. The third kappa shape index (κ3) is 3.65. The highest BCUT2D eigenvalue weighted by Crippen LogP contribution is 2.36. The zero-order valence-electron chi connectivity index (χ0n) is 14.9. The first kappa shape index (κ1) is 18.9. The normalized spacial score (nSPS) is 13.0. The van der Waals surface area contributed by atoms with Gasteiger partial charge in [-0.3, -0.25) is 0 Å². The maximum atomic E-state index is 13.4. The summed E-state index contributed by atoms with van der Waals surface area (Å²) >= 11 is 0. The van der Waals surface area contributed by atoms with E-state index in [0.717, 1.165) is 6.20 Å². The van der Waals surface area contributed by atoms with Gasteiger partial charge in [0.25, 0.3) is 5.88 Å². The lowest BCUT2D eigenvalue weighted by atomic mass is 10.0. The molecule has 10 heteroatoms. The van der Waals surface area contributed by atoms with Gasteiger partial charge < -0.3 is 19.2 Å². The van der Waals surface area contributed by atoms with Gasteiger partial charge in [0.2, 0.25) is 5.88 Å². The van der Waals surface area contributed by atoms with Crippen molar-refractivity contribution in [3.8, 4) is 23.0 Å². The topological polar surface area (TPSA) is 73.6 Å². The van der Waals surface area contributed by atoms with Crippen LogP contribution in [0.15, 0.2) is 30.9 Å². The summed E-state index contributed by atoms with van der Waals surface area (Å²) in [6, 6.07) is -0.476. The number of methoxy groups -OCH3 is 2. The van der Waals surface area contributed by atoms with Crippen LogP contribution in [0, 0.1) is 0 Å². The Balaban J connectivity index is 2.17. The Morgan fingerprint density at radius 1 is 1.19 bits per heavy atom. The molecule has 3 rings (SSSR count). The molecule has 144 valence electrons. The number of alkyl halides is 3. The van der Waals surface area contributed by atoms with Gasteiger partial charge >= 0.3 is 6.18 Å². The minimum Gasteiger partial charge on any atom is -0.481 e. The number of nitrogens with one attached hydrogen (secondary N) is 1. The molecule has 0 saturated heterocycles. The molecule has 0 aromatic carbocycles. The molecular formula is C17H18F3N5O2. The van der Waals surface area contributed by atoms with Crippen LogP contribution in [0.1, 0.15) is 18.5 Å². The summed E-state index contributed by atoms with van der Waals surface area (Å²) in [5, 5.41) is 2.44. The van der Waals surface area contributed by atoms with E-state index in [4.69, 9.17) is 9.47 Å². The van der Waals surface area contributed by atoms with Crippen molar-refractivity contribution in [2.45, 2.75) is 19.1 Å². The molecule has 3 heterocycles. The standard InChI is InChI=1S/C17H18F3N5O2/c1-4-21-13(17(18,19)20)10-7-11(15(26-2)23-8-10)12-9-25-6-5-22-14(25)16(24-12)27-3/h5-9,13,21H,4H2,1-3H3. The lowest BCUT2D eigenvalue weighted by Crippen LogP contribution is -2.34. The fraction of sp³-hybridized carbons (Fsp3) is 0.353. The number of aromatic nitrogens is 4. The van der Waals surface area contributed by atoms with E-state index in [0.29, 0.717) is 16.9 Å². The molecule has 1 unspecified atom stereocenters. The number of rotatable bonds is 6. The molecule has 3 aromatic heterocycles. The molecule has 0 aliphatic carbocycles. The second-order valence-corrected chi connectivity index (χ2v) is 5.65. The van der Waals surface area contributed by atoms with Gasteiger partial charge in [-0.2, -0.15) is 13.2 Å². The Morgan fingerprint density at radius 2 is 1.93 bits per heavy atom. The largest absolute Gasteiger partial charge is 0.481 e. The van der Waals surface area contributed by atoms with Gasteiger partial charge in [-0.15, -0.1) is 0 Å². The Labute approximate surface area is 153 Å². The average Bonchev–Trinajstić information content (AvgIpc) is 3.12. The van der Waals surface area contributed by atoms with Gasteiger partial charge in [0, 0.05) is 24.8 Å². The smallest absolute Gasteiger partial charge is 0.407 e. The summed E-state index contributed by atoms with van der Waals surface area (Å²) in [6.07, 6.45) is 1.56. The van der Waals surface area contributed by atoms with Crippen LogP contribution in [0.25, 0.3) is 16.9 Å². The molecule has 0 radical (unpaired) electrons. The first-order valence-electron chi connectivity index (χ1n) is 8.11. The monoisotopic (exact) mass is 381 g/mol. The van der Waals surface area contributed by atoms with Crippen molar-refractivity contribution >= 4 is 5.65 Å². The number of hydrogen-bond donors (Lipinski definition) is 1. The van der Waals surface area contributed by atoms with Crippen molar-refractivity contribution in [1.29, 1.82) is 0 Å². The van der Waals surface area contributed by atoms with E-state index >= 15 is 0 Å². The van der Waals surface area contributed by atoms with E-state index in [1.165, 1.54) is 20.3 Å². The van der Waals surface area contributed by atoms with Crippen molar-refractivity contribution in [3.05, 3.63) is 36.4 Å². The summed E-state index contributed by atoms with van der Waals surface area (Å²) in [4.78, 5) is 12.5.